The molecule has 2 atom stereocenters. The number of hydrogen-bond donors (Lipinski definition) is 0. The minimum atomic E-state index is -0.416. The molecule has 0 N–H and O–H groups in total. The summed E-state index contributed by atoms with van der Waals surface area (Å²) in [6.07, 6.45) is 0. The lowest BCUT2D eigenvalue weighted by atomic mass is 9.77. The van der Waals surface area contributed by atoms with Gasteiger partial charge < -0.3 is 0 Å². The molecule has 0 aromatic heterocycles. The van der Waals surface area contributed by atoms with Crippen LogP contribution in [-0.2, 0) is 5.41 Å². The Morgan fingerprint density at radius 2 is 1.15 bits per heavy atom. The summed E-state index contributed by atoms with van der Waals surface area (Å²) in [6.45, 7) is 10.3. The number of carbonyl (C=O) groups is 2. The highest BCUT2D eigenvalue weighted by Crippen LogP contribution is 2.42. The van der Waals surface area contributed by atoms with Crippen LogP contribution in [0.3, 0.4) is 0 Å². The van der Waals surface area contributed by atoms with Gasteiger partial charge in [-0.25, -0.2) is 0 Å². The summed E-state index contributed by atoms with van der Waals surface area (Å²) < 4.78 is 0. The summed E-state index contributed by atoms with van der Waals surface area (Å²) in [4.78, 5) is 27.8. The van der Waals surface area contributed by atoms with Crippen molar-refractivity contribution in [3.63, 3.8) is 0 Å². The van der Waals surface area contributed by atoms with E-state index < -0.39 is 5.41 Å². The fraction of sp³-hybridized carbons (Fsp3) is 0.257. The molecule has 2 unspecified atom stereocenters. The maximum atomic E-state index is 12.9. The van der Waals surface area contributed by atoms with E-state index in [9.17, 15) is 9.59 Å². The number of ketones is 2. The second kappa shape index (κ2) is 11.2. The summed E-state index contributed by atoms with van der Waals surface area (Å²) in [5.74, 6) is 2.16. The van der Waals surface area contributed by atoms with Gasteiger partial charge in [-0.1, -0.05) is 71.8 Å². The van der Waals surface area contributed by atoms with E-state index in [1.165, 1.54) is 22.3 Å². The second-order valence-electron chi connectivity index (χ2n) is 11.0. The van der Waals surface area contributed by atoms with Crippen molar-refractivity contribution >= 4 is 35.1 Å². The zero-order chi connectivity index (χ0) is 27.7. The highest BCUT2D eigenvalue weighted by Gasteiger charge is 2.40. The maximum absolute atomic E-state index is 12.9. The van der Waals surface area contributed by atoms with Gasteiger partial charge in [0, 0.05) is 32.4 Å². The lowest BCUT2D eigenvalue weighted by molar-refractivity contribution is 0.0905. The highest BCUT2D eigenvalue weighted by atomic mass is 32.2. The van der Waals surface area contributed by atoms with Crippen molar-refractivity contribution in [1.29, 1.82) is 0 Å². The van der Waals surface area contributed by atoms with Gasteiger partial charge in [-0.05, 0) is 81.1 Å². The Morgan fingerprint density at radius 1 is 0.641 bits per heavy atom. The molecule has 2 aliphatic heterocycles. The van der Waals surface area contributed by atoms with E-state index in [0.717, 1.165) is 43.6 Å². The van der Waals surface area contributed by atoms with Crippen LogP contribution in [0.2, 0.25) is 0 Å². The van der Waals surface area contributed by atoms with E-state index in [2.05, 4.69) is 95.3 Å². The second-order valence-corrected chi connectivity index (χ2v) is 13.0. The normalized spacial score (nSPS) is 20.0. The van der Waals surface area contributed by atoms with Crippen molar-refractivity contribution in [2.45, 2.75) is 55.7 Å². The minimum absolute atomic E-state index is 0.000746. The molecule has 39 heavy (non-hydrogen) atoms. The number of aryl methyl sites for hydroxylation is 4. The standard InChI is InChI=1S/C18H18OS.C17H16OS/c1-12-4-7-14(8-5-12)18(3)11-20-16-10-13(2)6-9-15(16)17(18)19;1-11-3-6-13(7-4-11)15-10-19-16-9-12(2)5-8-14(16)17(15)18/h4-10H,11H2,1-3H3;3-9,15H,10H2,1-2H3. The number of benzene rings is 4. The topological polar surface area (TPSA) is 34.1 Å². The molecule has 0 amide bonds. The van der Waals surface area contributed by atoms with E-state index in [1.807, 2.05) is 24.3 Å². The van der Waals surface area contributed by atoms with Gasteiger partial charge >= 0.3 is 0 Å². The molecule has 4 aromatic carbocycles. The zero-order valence-electron chi connectivity index (χ0n) is 23.2. The molecular weight excluding hydrogens is 517 g/mol. The van der Waals surface area contributed by atoms with Crippen molar-refractivity contribution in [3.8, 4) is 0 Å². The van der Waals surface area contributed by atoms with Gasteiger partial charge in [-0.2, -0.15) is 0 Å². The average molecular weight is 551 g/mol. The van der Waals surface area contributed by atoms with Crippen LogP contribution in [0.15, 0.2) is 94.7 Å². The van der Waals surface area contributed by atoms with Gasteiger partial charge in [-0.15, -0.1) is 23.5 Å². The van der Waals surface area contributed by atoms with Crippen LogP contribution in [0.4, 0.5) is 0 Å². The molecule has 0 fully saturated rings. The Bertz CT molecular complexity index is 1540. The average Bonchev–Trinajstić information content (AvgIpc) is 2.92. The van der Waals surface area contributed by atoms with Crippen LogP contribution in [0.25, 0.3) is 0 Å². The van der Waals surface area contributed by atoms with E-state index in [4.69, 9.17) is 0 Å². The fourth-order valence-electron chi connectivity index (χ4n) is 5.09. The van der Waals surface area contributed by atoms with Crippen molar-refractivity contribution in [2.24, 2.45) is 0 Å². The summed E-state index contributed by atoms with van der Waals surface area (Å²) >= 11 is 3.58. The SMILES string of the molecule is Cc1ccc(C2(C)CSc3cc(C)ccc3C2=O)cc1.Cc1ccc(C2CSc3cc(C)ccc3C2=O)cc1. The third kappa shape index (κ3) is 5.64. The third-order valence-electron chi connectivity index (χ3n) is 7.69. The van der Waals surface area contributed by atoms with Gasteiger partial charge in [0.1, 0.15) is 0 Å². The Hall–Kier alpha value is -3.08. The number of Topliss-reactive ketones (excluding diaryl/α,β-unsaturated/α-hetero) is 2. The van der Waals surface area contributed by atoms with Gasteiger partial charge in [0.15, 0.2) is 11.6 Å². The quantitative estimate of drug-likeness (QED) is 0.249. The molecule has 0 aliphatic carbocycles. The Labute approximate surface area is 240 Å². The Balaban J connectivity index is 0.000000158. The molecule has 0 bridgehead atoms. The number of fused-ring (bicyclic) bond motifs is 2. The predicted octanol–water partition coefficient (Wildman–Crippen LogP) is 8.93. The molecule has 0 saturated heterocycles. The van der Waals surface area contributed by atoms with E-state index in [1.54, 1.807) is 23.5 Å². The lowest BCUT2D eigenvalue weighted by Gasteiger charge is -2.33. The highest BCUT2D eigenvalue weighted by molar-refractivity contribution is 7.99. The van der Waals surface area contributed by atoms with Crippen LogP contribution in [-0.4, -0.2) is 23.1 Å². The Kier molecular flexibility index (Phi) is 7.89. The predicted molar refractivity (Wildman–Crippen MR) is 165 cm³/mol. The molecule has 198 valence electrons. The first-order chi connectivity index (χ1) is 18.7. The van der Waals surface area contributed by atoms with E-state index in [-0.39, 0.29) is 17.5 Å². The van der Waals surface area contributed by atoms with Gasteiger partial charge in [0.25, 0.3) is 0 Å². The molecule has 2 heterocycles. The summed E-state index contributed by atoms with van der Waals surface area (Å²) in [7, 11) is 0. The number of carbonyl (C=O) groups excluding carboxylic acids is 2. The summed E-state index contributed by atoms with van der Waals surface area (Å²) in [5, 5.41) is 0. The smallest absolute Gasteiger partial charge is 0.175 e. The van der Waals surface area contributed by atoms with Crippen LogP contribution in [0.5, 0.6) is 0 Å². The monoisotopic (exact) mass is 550 g/mol. The molecule has 0 radical (unpaired) electrons. The zero-order valence-corrected chi connectivity index (χ0v) is 24.8. The van der Waals surface area contributed by atoms with Crippen LogP contribution in [0, 0.1) is 27.7 Å². The Morgan fingerprint density at radius 3 is 1.77 bits per heavy atom. The van der Waals surface area contributed by atoms with Crippen molar-refractivity contribution < 1.29 is 9.59 Å². The van der Waals surface area contributed by atoms with Gasteiger partial charge in [0.2, 0.25) is 0 Å². The molecule has 4 heteroatoms. The first-order valence-corrected chi connectivity index (χ1v) is 15.3. The largest absolute Gasteiger partial charge is 0.293 e. The van der Waals surface area contributed by atoms with E-state index >= 15 is 0 Å². The molecule has 0 saturated carbocycles. The first-order valence-electron chi connectivity index (χ1n) is 13.4. The minimum Gasteiger partial charge on any atom is -0.293 e. The molecule has 4 aromatic rings. The van der Waals surface area contributed by atoms with Crippen LogP contribution < -0.4 is 0 Å². The molecule has 2 nitrogen and oxygen atoms in total. The number of rotatable bonds is 2. The number of thioether (sulfide) groups is 2. The number of hydrogen-bond acceptors (Lipinski definition) is 4. The molecule has 2 aliphatic rings. The molecule has 0 spiro atoms. The molecular formula is C35H34O2S2. The van der Waals surface area contributed by atoms with Crippen molar-refractivity contribution in [2.75, 3.05) is 11.5 Å². The third-order valence-corrected chi connectivity index (χ3v) is 10.2. The van der Waals surface area contributed by atoms with Crippen molar-refractivity contribution in [3.05, 3.63) is 129 Å². The van der Waals surface area contributed by atoms with Crippen molar-refractivity contribution in [1.82, 2.24) is 0 Å². The fourth-order valence-corrected chi connectivity index (χ4v) is 7.70. The molecule has 6 rings (SSSR count). The maximum Gasteiger partial charge on any atom is 0.175 e. The summed E-state index contributed by atoms with van der Waals surface area (Å²) in [5.41, 5.74) is 8.47. The summed E-state index contributed by atoms with van der Waals surface area (Å²) in [6, 6.07) is 28.9. The van der Waals surface area contributed by atoms with Gasteiger partial charge in [-0.3, -0.25) is 9.59 Å². The first kappa shape index (κ1) is 27.5. The van der Waals surface area contributed by atoms with Crippen LogP contribution in [0.1, 0.15) is 66.9 Å². The lowest BCUT2D eigenvalue weighted by Crippen LogP contribution is -2.38. The van der Waals surface area contributed by atoms with Crippen LogP contribution >= 0.6 is 23.5 Å². The van der Waals surface area contributed by atoms with Gasteiger partial charge in [0.05, 0.1) is 11.3 Å². The van der Waals surface area contributed by atoms with E-state index in [0.29, 0.717) is 0 Å².